The molecule has 4 aromatic heterocycles. The number of fused-ring (bicyclic) bond motifs is 22. The zero-order valence-corrected chi connectivity index (χ0v) is 61.0. The fourth-order valence-electron chi connectivity index (χ4n) is 19.8. The van der Waals surface area contributed by atoms with Crippen molar-refractivity contribution in [2.45, 2.75) is 38.5 Å². The van der Waals surface area contributed by atoms with E-state index in [-0.39, 0.29) is 10.8 Å². The lowest BCUT2D eigenvalue weighted by Crippen LogP contribution is -2.16. The van der Waals surface area contributed by atoms with E-state index in [0.29, 0.717) is 0 Å². The lowest BCUT2D eigenvalue weighted by atomic mass is 9.77. The van der Waals surface area contributed by atoms with Crippen molar-refractivity contribution < 1.29 is 17.7 Å². The normalized spacial score (nSPS) is 13.4. The summed E-state index contributed by atoms with van der Waals surface area (Å²) in [4.78, 5) is 0. The second-order valence-electron chi connectivity index (χ2n) is 31.1. The number of para-hydroxylation sites is 4. The summed E-state index contributed by atoms with van der Waals surface area (Å²) in [5, 5.41) is 18.9. The molecule has 0 amide bonds. The van der Waals surface area contributed by atoms with E-state index >= 15 is 0 Å². The van der Waals surface area contributed by atoms with Crippen LogP contribution in [0.4, 0.5) is 0 Å². The summed E-state index contributed by atoms with van der Waals surface area (Å²) >= 11 is 0. The van der Waals surface area contributed by atoms with Gasteiger partial charge in [0.1, 0.15) is 44.7 Å². The van der Waals surface area contributed by atoms with E-state index < -0.39 is 0 Å². The lowest BCUT2D eigenvalue weighted by Gasteiger charge is -2.26. The van der Waals surface area contributed by atoms with Crippen LogP contribution in [-0.2, 0) is 10.8 Å². The SMILES string of the molecule is CC1(C)c2ccccc2-c2cccc(-c3c4cccc(-c5ccc6oc7ccccc7c6c5)c4cc4c(-c5ccc6oc7ccccc7c6c5)cccc34)c21.CC1(C)c2ccccc2-c2cccc(-c3c4cccc(-c5cccc6oc7ccccc7c56)c4cc4c(-c5cccc6oc7ccccc7c56)cccc34)c21. The number of hydrogen-bond acceptors (Lipinski definition) is 4. The van der Waals surface area contributed by atoms with Crippen molar-refractivity contribution in [2.24, 2.45) is 0 Å². The molecule has 110 heavy (non-hydrogen) atoms. The predicted octanol–water partition coefficient (Wildman–Crippen LogP) is 30.2. The minimum Gasteiger partial charge on any atom is -0.456 e. The van der Waals surface area contributed by atoms with Gasteiger partial charge in [0.15, 0.2) is 0 Å². The second kappa shape index (κ2) is 23.4. The number of furan rings is 4. The molecule has 0 atom stereocenters. The molecule has 4 heterocycles. The molecule has 0 N–H and O–H groups in total. The standard InChI is InChI=1S/2C53H34O2/c1-53(2)44-25-6-3-14-33(44)38-23-11-24-41(52(38)53)49-36-19-9-17-31(34-21-12-28-47-50(34)39-15-4-7-26-45(39)54-47)42(36)30-43-32(18-10-20-37(43)49)35-22-13-29-48-51(35)40-16-5-8-27-46(40)55-48;1-53(2)46-21-6-3-12-35(46)40-19-11-20-41(52(40)53)51-38-17-9-15-33(31-24-26-49-44(28-31)36-13-4-7-22-47(36)54-49)42(38)30-43-34(16-10-18-39(43)51)32-25-27-50-45(29-32)37-14-5-8-23-48(37)55-50/h2*3-30H,1-2H3. The Balaban J connectivity index is 0.000000132. The topological polar surface area (TPSA) is 52.6 Å². The van der Waals surface area contributed by atoms with Gasteiger partial charge in [-0.2, -0.15) is 0 Å². The Labute approximate surface area is 633 Å². The third kappa shape index (κ3) is 8.96. The van der Waals surface area contributed by atoms with Crippen molar-refractivity contribution in [2.75, 3.05) is 0 Å². The molecule has 2 aliphatic carbocycles. The Bertz CT molecular complexity index is 7390. The van der Waals surface area contributed by atoms with Crippen LogP contribution in [0, 0.1) is 0 Å². The predicted molar refractivity (Wildman–Crippen MR) is 460 cm³/mol. The monoisotopic (exact) mass is 1400 g/mol. The fourth-order valence-corrected chi connectivity index (χ4v) is 19.8. The van der Waals surface area contributed by atoms with Crippen LogP contribution in [-0.4, -0.2) is 0 Å². The van der Waals surface area contributed by atoms with E-state index in [1.807, 2.05) is 24.3 Å². The second-order valence-corrected chi connectivity index (χ2v) is 31.1. The van der Waals surface area contributed by atoms with Crippen molar-refractivity contribution in [3.05, 3.63) is 362 Å². The average Bonchev–Trinajstić information content (AvgIpc) is 1.46. The Hall–Kier alpha value is -13.8. The highest BCUT2D eigenvalue weighted by Crippen LogP contribution is 2.58. The molecule has 0 saturated carbocycles. The Morgan fingerprint density at radius 3 is 0.873 bits per heavy atom. The van der Waals surface area contributed by atoms with Gasteiger partial charge < -0.3 is 17.7 Å². The maximum atomic E-state index is 6.43. The number of rotatable bonds is 6. The molecular weight excluding hydrogens is 1340 g/mol. The summed E-state index contributed by atoms with van der Waals surface area (Å²) in [6, 6.07) is 124. The average molecular weight is 1410 g/mol. The Morgan fingerprint density at radius 2 is 0.445 bits per heavy atom. The molecule has 0 unspecified atom stereocenters. The molecule has 0 radical (unpaired) electrons. The minimum absolute atomic E-state index is 0.174. The van der Waals surface area contributed by atoms with Crippen molar-refractivity contribution in [3.8, 4) is 89.0 Å². The fraction of sp³-hybridized carbons (Fsp3) is 0.0566. The molecular formula is C106H68O4. The Kier molecular flexibility index (Phi) is 13.2. The van der Waals surface area contributed by atoms with Crippen LogP contribution < -0.4 is 0 Å². The van der Waals surface area contributed by atoms with Gasteiger partial charge >= 0.3 is 0 Å². The number of benzene rings is 18. The summed E-state index contributed by atoms with van der Waals surface area (Å²) in [6.07, 6.45) is 0. The molecule has 0 saturated heterocycles. The quantitative estimate of drug-likeness (QED) is 0.156. The van der Waals surface area contributed by atoms with Gasteiger partial charge in [-0.3, -0.25) is 0 Å². The van der Waals surface area contributed by atoms with Gasteiger partial charge in [-0.15, -0.1) is 0 Å². The van der Waals surface area contributed by atoms with E-state index in [1.54, 1.807) is 0 Å². The molecule has 2 aliphatic rings. The van der Waals surface area contributed by atoms with Gasteiger partial charge in [0.05, 0.1) is 0 Å². The first-order chi connectivity index (χ1) is 54.1. The molecule has 0 bridgehead atoms. The molecule has 0 spiro atoms. The number of hydrogen-bond donors (Lipinski definition) is 0. The first-order valence-electron chi connectivity index (χ1n) is 38.2. The maximum Gasteiger partial charge on any atom is 0.136 e. The van der Waals surface area contributed by atoms with E-state index in [9.17, 15) is 0 Å². The highest BCUT2D eigenvalue weighted by Gasteiger charge is 2.40. The summed E-state index contributed by atoms with van der Waals surface area (Å²) in [5.74, 6) is 0. The lowest BCUT2D eigenvalue weighted by molar-refractivity contribution is 0.662. The smallest absolute Gasteiger partial charge is 0.136 e. The molecule has 0 aliphatic heterocycles. The van der Waals surface area contributed by atoms with Crippen LogP contribution in [0.3, 0.4) is 0 Å². The minimum atomic E-state index is -0.186. The molecule has 4 nitrogen and oxygen atoms in total. The third-order valence-corrected chi connectivity index (χ3v) is 24.5. The van der Waals surface area contributed by atoms with Crippen LogP contribution in [0.2, 0.25) is 0 Å². The van der Waals surface area contributed by atoms with Crippen molar-refractivity contribution in [1.29, 1.82) is 0 Å². The van der Waals surface area contributed by atoms with E-state index in [4.69, 9.17) is 17.7 Å². The van der Waals surface area contributed by atoms with Crippen molar-refractivity contribution >= 4 is 131 Å². The van der Waals surface area contributed by atoms with Crippen LogP contribution in [0.1, 0.15) is 49.9 Å². The summed E-state index contributed by atoms with van der Waals surface area (Å²) in [5.41, 5.74) is 32.3. The first-order valence-corrected chi connectivity index (χ1v) is 38.2. The van der Waals surface area contributed by atoms with Crippen molar-refractivity contribution in [1.82, 2.24) is 0 Å². The van der Waals surface area contributed by atoms with E-state index in [1.165, 1.54) is 154 Å². The van der Waals surface area contributed by atoms with Crippen LogP contribution in [0.15, 0.2) is 357 Å². The maximum absolute atomic E-state index is 6.43. The molecule has 4 heteroatoms. The van der Waals surface area contributed by atoms with Crippen molar-refractivity contribution in [3.63, 3.8) is 0 Å². The summed E-state index contributed by atoms with van der Waals surface area (Å²) in [6.45, 7) is 9.56. The summed E-state index contributed by atoms with van der Waals surface area (Å²) in [7, 11) is 0. The highest BCUT2D eigenvalue weighted by atomic mass is 16.3. The first kappa shape index (κ1) is 62.4. The summed E-state index contributed by atoms with van der Waals surface area (Å²) < 4.78 is 25.4. The molecule has 0 fully saturated rings. The van der Waals surface area contributed by atoms with Gasteiger partial charge in [0, 0.05) is 53.9 Å². The molecule has 24 rings (SSSR count). The molecule has 18 aromatic carbocycles. The van der Waals surface area contributed by atoms with Gasteiger partial charge in [0.2, 0.25) is 0 Å². The van der Waals surface area contributed by atoms with Gasteiger partial charge in [-0.1, -0.05) is 295 Å². The van der Waals surface area contributed by atoms with E-state index in [2.05, 4.69) is 343 Å². The zero-order valence-electron chi connectivity index (χ0n) is 61.0. The van der Waals surface area contributed by atoms with Crippen LogP contribution >= 0.6 is 0 Å². The van der Waals surface area contributed by atoms with Gasteiger partial charge in [-0.05, 0) is 227 Å². The van der Waals surface area contributed by atoms with Gasteiger partial charge in [-0.25, -0.2) is 0 Å². The zero-order chi connectivity index (χ0) is 72.8. The highest BCUT2D eigenvalue weighted by molar-refractivity contribution is 6.26. The Morgan fingerprint density at radius 1 is 0.173 bits per heavy atom. The molecule has 22 aromatic rings. The van der Waals surface area contributed by atoms with Gasteiger partial charge in [0.25, 0.3) is 0 Å². The third-order valence-electron chi connectivity index (χ3n) is 24.5. The molecule has 516 valence electrons. The van der Waals surface area contributed by atoms with Crippen LogP contribution in [0.5, 0.6) is 0 Å². The van der Waals surface area contributed by atoms with E-state index in [0.717, 1.165) is 87.8 Å². The largest absolute Gasteiger partial charge is 0.456 e. The van der Waals surface area contributed by atoms with Crippen LogP contribution in [0.25, 0.3) is 220 Å².